The van der Waals surface area contributed by atoms with Gasteiger partial charge in [-0.2, -0.15) is 0 Å². The fraction of sp³-hybridized carbons (Fsp3) is 0.647. The monoisotopic (exact) mass is 293 g/mol. The molecule has 1 aliphatic rings. The Labute approximate surface area is 128 Å². The number of benzene rings is 1. The molecule has 2 atom stereocenters. The first-order valence-electron chi connectivity index (χ1n) is 8.01. The summed E-state index contributed by atoms with van der Waals surface area (Å²) in [6, 6.07) is 5.88. The summed E-state index contributed by atoms with van der Waals surface area (Å²) in [4.78, 5) is 4.73. The van der Waals surface area contributed by atoms with E-state index in [1.807, 2.05) is 13.0 Å². The number of nitrogens with zero attached hydrogens (tertiary/aromatic N) is 2. The third kappa shape index (κ3) is 3.74. The Balaban J connectivity index is 2.35. The van der Waals surface area contributed by atoms with Gasteiger partial charge in [0, 0.05) is 36.4 Å². The van der Waals surface area contributed by atoms with Crippen molar-refractivity contribution in [3.8, 4) is 0 Å². The maximum absolute atomic E-state index is 14.4. The smallest absolute Gasteiger partial charge is 0.130 e. The Morgan fingerprint density at radius 1 is 1.38 bits per heavy atom. The van der Waals surface area contributed by atoms with Gasteiger partial charge in [0.05, 0.1) is 0 Å². The van der Waals surface area contributed by atoms with Crippen molar-refractivity contribution >= 4 is 5.69 Å². The molecule has 0 bridgehead atoms. The van der Waals surface area contributed by atoms with Crippen LogP contribution in [0.3, 0.4) is 0 Å². The molecule has 21 heavy (non-hydrogen) atoms. The zero-order chi connectivity index (χ0) is 15.4. The van der Waals surface area contributed by atoms with Crippen molar-refractivity contribution in [3.05, 3.63) is 29.6 Å². The number of halogens is 1. The van der Waals surface area contributed by atoms with Crippen molar-refractivity contribution in [2.24, 2.45) is 0 Å². The molecule has 1 aromatic carbocycles. The molecule has 2 rings (SSSR count). The zero-order valence-electron chi connectivity index (χ0n) is 13.7. The third-order valence-corrected chi connectivity index (χ3v) is 4.33. The Morgan fingerprint density at radius 3 is 2.86 bits per heavy atom. The van der Waals surface area contributed by atoms with Crippen molar-refractivity contribution in [2.45, 2.75) is 39.3 Å². The first-order valence-corrected chi connectivity index (χ1v) is 8.01. The van der Waals surface area contributed by atoms with Gasteiger partial charge >= 0.3 is 0 Å². The lowest BCUT2D eigenvalue weighted by molar-refractivity contribution is 0.337. The fourth-order valence-corrected chi connectivity index (χ4v) is 3.34. The summed E-state index contributed by atoms with van der Waals surface area (Å²) in [5, 5.41) is 3.34. The molecule has 1 aromatic rings. The quantitative estimate of drug-likeness (QED) is 0.920. The molecule has 2 unspecified atom stereocenters. The van der Waals surface area contributed by atoms with Gasteiger partial charge in [-0.3, -0.25) is 0 Å². The van der Waals surface area contributed by atoms with Crippen molar-refractivity contribution in [2.75, 3.05) is 38.1 Å². The van der Waals surface area contributed by atoms with Gasteiger partial charge in [-0.15, -0.1) is 0 Å². The van der Waals surface area contributed by atoms with E-state index in [-0.39, 0.29) is 11.9 Å². The van der Waals surface area contributed by atoms with Crippen LogP contribution in [0.5, 0.6) is 0 Å². The summed E-state index contributed by atoms with van der Waals surface area (Å²) < 4.78 is 14.4. The average Bonchev–Trinajstić information content (AvgIpc) is 2.59. The summed E-state index contributed by atoms with van der Waals surface area (Å²) in [5.41, 5.74) is 1.85. The highest BCUT2D eigenvalue weighted by molar-refractivity contribution is 5.56. The summed E-state index contributed by atoms with van der Waals surface area (Å²) in [7, 11) is 2.16. The van der Waals surface area contributed by atoms with E-state index in [4.69, 9.17) is 0 Å². The SMILES string of the molecule is CCNC(C)c1c(F)cccc1N1CCCN(C)CC1C. The normalized spacial score (nSPS) is 22.1. The highest BCUT2D eigenvalue weighted by Gasteiger charge is 2.25. The number of rotatable bonds is 4. The van der Waals surface area contributed by atoms with Gasteiger partial charge in [0.25, 0.3) is 0 Å². The molecule has 1 N–H and O–H groups in total. The van der Waals surface area contributed by atoms with Crippen LogP contribution in [-0.4, -0.2) is 44.2 Å². The summed E-state index contributed by atoms with van der Waals surface area (Å²) in [6.45, 7) is 10.3. The molecule has 4 heteroatoms. The van der Waals surface area contributed by atoms with Crippen molar-refractivity contribution in [3.63, 3.8) is 0 Å². The molecule has 0 spiro atoms. The van der Waals surface area contributed by atoms with E-state index in [0.29, 0.717) is 6.04 Å². The second kappa shape index (κ2) is 7.23. The minimum atomic E-state index is -0.106. The standard InChI is InChI=1S/C17H28FN3/c1-5-19-14(3)17-15(18)8-6-9-16(17)21-11-7-10-20(4)12-13(21)2/h6,8-9,13-14,19H,5,7,10-12H2,1-4H3. The van der Waals surface area contributed by atoms with Gasteiger partial charge < -0.3 is 15.1 Å². The van der Waals surface area contributed by atoms with E-state index < -0.39 is 0 Å². The molecule has 0 aromatic heterocycles. The van der Waals surface area contributed by atoms with E-state index in [0.717, 1.165) is 43.9 Å². The van der Waals surface area contributed by atoms with Crippen LogP contribution in [0.1, 0.15) is 38.8 Å². The fourth-order valence-electron chi connectivity index (χ4n) is 3.34. The predicted molar refractivity (Wildman–Crippen MR) is 87.4 cm³/mol. The maximum atomic E-state index is 14.4. The predicted octanol–water partition coefficient (Wildman–Crippen LogP) is 3.03. The molecule has 1 aliphatic heterocycles. The highest BCUT2D eigenvalue weighted by atomic mass is 19.1. The van der Waals surface area contributed by atoms with Crippen molar-refractivity contribution in [1.82, 2.24) is 10.2 Å². The van der Waals surface area contributed by atoms with Gasteiger partial charge in [0.15, 0.2) is 0 Å². The van der Waals surface area contributed by atoms with Crippen LogP contribution in [0.15, 0.2) is 18.2 Å². The molecule has 1 heterocycles. The third-order valence-electron chi connectivity index (χ3n) is 4.33. The van der Waals surface area contributed by atoms with E-state index in [1.165, 1.54) is 0 Å². The molecule has 0 radical (unpaired) electrons. The number of anilines is 1. The second-order valence-corrected chi connectivity index (χ2v) is 6.11. The topological polar surface area (TPSA) is 18.5 Å². The summed E-state index contributed by atoms with van der Waals surface area (Å²) in [5.74, 6) is -0.106. The summed E-state index contributed by atoms with van der Waals surface area (Å²) >= 11 is 0. The minimum absolute atomic E-state index is 0.0272. The van der Waals surface area contributed by atoms with Crippen molar-refractivity contribution < 1.29 is 4.39 Å². The molecule has 118 valence electrons. The van der Waals surface area contributed by atoms with Crippen LogP contribution in [0, 0.1) is 5.82 Å². The Hall–Kier alpha value is -1.13. The van der Waals surface area contributed by atoms with Crippen LogP contribution in [-0.2, 0) is 0 Å². The first kappa shape index (κ1) is 16.2. The van der Waals surface area contributed by atoms with Crippen LogP contribution >= 0.6 is 0 Å². The molecule has 0 amide bonds. The number of hydrogen-bond acceptors (Lipinski definition) is 3. The second-order valence-electron chi connectivity index (χ2n) is 6.11. The van der Waals surface area contributed by atoms with E-state index in [2.05, 4.69) is 42.1 Å². The van der Waals surface area contributed by atoms with Gasteiger partial charge in [0.2, 0.25) is 0 Å². The number of hydrogen-bond donors (Lipinski definition) is 1. The molecular weight excluding hydrogens is 265 g/mol. The molecule has 0 aliphatic carbocycles. The van der Waals surface area contributed by atoms with Gasteiger partial charge in [0.1, 0.15) is 5.82 Å². The minimum Gasteiger partial charge on any atom is -0.367 e. The van der Waals surface area contributed by atoms with E-state index in [9.17, 15) is 4.39 Å². The molecule has 3 nitrogen and oxygen atoms in total. The van der Waals surface area contributed by atoms with Gasteiger partial charge in [-0.05, 0) is 52.5 Å². The Kier molecular flexibility index (Phi) is 5.59. The van der Waals surface area contributed by atoms with Crippen LogP contribution in [0.2, 0.25) is 0 Å². The lowest BCUT2D eigenvalue weighted by atomic mass is 10.0. The maximum Gasteiger partial charge on any atom is 0.130 e. The lowest BCUT2D eigenvalue weighted by Gasteiger charge is -2.33. The zero-order valence-corrected chi connectivity index (χ0v) is 13.7. The van der Waals surface area contributed by atoms with E-state index >= 15 is 0 Å². The Morgan fingerprint density at radius 2 is 2.14 bits per heavy atom. The molecular formula is C17H28FN3. The molecule has 1 saturated heterocycles. The number of likely N-dealkylation sites (N-methyl/N-ethyl adjacent to an activating group) is 1. The van der Waals surface area contributed by atoms with E-state index in [1.54, 1.807) is 6.07 Å². The van der Waals surface area contributed by atoms with Crippen LogP contribution in [0.4, 0.5) is 10.1 Å². The summed E-state index contributed by atoms with van der Waals surface area (Å²) in [6.07, 6.45) is 1.12. The molecule has 0 saturated carbocycles. The Bertz CT molecular complexity index is 463. The van der Waals surface area contributed by atoms with Crippen molar-refractivity contribution in [1.29, 1.82) is 0 Å². The molecule has 1 fully saturated rings. The van der Waals surface area contributed by atoms with Crippen LogP contribution < -0.4 is 10.2 Å². The first-order chi connectivity index (χ1) is 10.0. The lowest BCUT2D eigenvalue weighted by Crippen LogP contribution is -2.39. The highest BCUT2D eigenvalue weighted by Crippen LogP contribution is 2.31. The van der Waals surface area contributed by atoms with Gasteiger partial charge in [-0.1, -0.05) is 13.0 Å². The largest absolute Gasteiger partial charge is 0.367 e. The average molecular weight is 293 g/mol. The van der Waals surface area contributed by atoms with Gasteiger partial charge in [-0.25, -0.2) is 4.39 Å². The van der Waals surface area contributed by atoms with Crippen LogP contribution in [0.25, 0.3) is 0 Å². The number of nitrogens with one attached hydrogen (secondary N) is 1.